The molecule has 0 saturated heterocycles. The van der Waals surface area contributed by atoms with E-state index in [4.69, 9.17) is 14.2 Å². The largest absolute Gasteiger partial charge is 0.327 e. The number of allylic oxidation sites excluding steroid dienone is 1. The summed E-state index contributed by atoms with van der Waals surface area (Å²) in [6.07, 6.45) is 32.0. The summed E-state index contributed by atoms with van der Waals surface area (Å²) in [7, 11) is 0. The number of ether oxygens (including phenoxy) is 3. The number of rotatable bonds is 30. The molecule has 0 aliphatic carbocycles. The van der Waals surface area contributed by atoms with Gasteiger partial charge in [0, 0.05) is 19.8 Å². The van der Waals surface area contributed by atoms with Crippen molar-refractivity contribution in [3.8, 4) is 0 Å². The zero-order valence-electron chi connectivity index (χ0n) is 28.9. The first kappa shape index (κ1) is 41.8. The van der Waals surface area contributed by atoms with Crippen molar-refractivity contribution < 1.29 is 14.2 Å². The standard InChI is InChI=1S/C34H70O3.C3H6/c1-7-13-16-19-22-23-26-29-32-33(30-27-24-20-17-14-8-2,31-28-25-21-18-15-9-3)34(35-10-4,36-11-5)37-12-6;1-3-2/h7-32H2,1-6H3;3H,1H2,2H3. The van der Waals surface area contributed by atoms with Crippen LogP contribution in [0.2, 0.25) is 0 Å². The monoisotopic (exact) mass is 569 g/mol. The molecule has 0 saturated carbocycles. The van der Waals surface area contributed by atoms with Crippen molar-refractivity contribution >= 4 is 0 Å². The molecule has 0 radical (unpaired) electrons. The first-order valence-electron chi connectivity index (χ1n) is 18.0. The second-order valence-electron chi connectivity index (χ2n) is 11.8. The van der Waals surface area contributed by atoms with Gasteiger partial charge in [0.05, 0.1) is 5.41 Å². The van der Waals surface area contributed by atoms with Gasteiger partial charge in [-0.05, 0) is 47.0 Å². The van der Waals surface area contributed by atoms with Crippen LogP contribution in [0.3, 0.4) is 0 Å². The Hall–Kier alpha value is -0.380. The van der Waals surface area contributed by atoms with Gasteiger partial charge in [0.2, 0.25) is 0 Å². The smallest absolute Gasteiger partial charge is 0.288 e. The molecule has 0 aliphatic rings. The van der Waals surface area contributed by atoms with Crippen LogP contribution in [0, 0.1) is 5.41 Å². The van der Waals surface area contributed by atoms with Crippen LogP contribution in [0.5, 0.6) is 0 Å². The molecule has 0 bridgehead atoms. The van der Waals surface area contributed by atoms with Gasteiger partial charge in [-0.1, -0.05) is 155 Å². The van der Waals surface area contributed by atoms with Gasteiger partial charge in [-0.2, -0.15) is 0 Å². The molecule has 0 amide bonds. The highest BCUT2D eigenvalue weighted by Crippen LogP contribution is 2.49. The number of unbranched alkanes of at least 4 members (excludes halogenated alkanes) is 17. The van der Waals surface area contributed by atoms with Crippen molar-refractivity contribution in [3.05, 3.63) is 12.7 Å². The minimum absolute atomic E-state index is 0.0627. The molecule has 3 nitrogen and oxygen atoms in total. The number of hydrogen-bond donors (Lipinski definition) is 0. The highest BCUT2D eigenvalue weighted by atomic mass is 16.9. The molecule has 0 unspecified atom stereocenters. The summed E-state index contributed by atoms with van der Waals surface area (Å²) in [5.74, 6) is -0.904. The topological polar surface area (TPSA) is 27.7 Å². The minimum atomic E-state index is -0.904. The molecule has 0 aromatic heterocycles. The lowest BCUT2D eigenvalue weighted by Crippen LogP contribution is -2.55. The lowest BCUT2D eigenvalue weighted by molar-refractivity contribution is -0.432. The summed E-state index contributed by atoms with van der Waals surface area (Å²) in [4.78, 5) is 0. The van der Waals surface area contributed by atoms with Gasteiger partial charge in [-0.3, -0.25) is 0 Å². The van der Waals surface area contributed by atoms with Crippen LogP contribution in [0.4, 0.5) is 0 Å². The van der Waals surface area contributed by atoms with Crippen molar-refractivity contribution in [2.45, 2.75) is 202 Å². The first-order valence-corrected chi connectivity index (χ1v) is 18.0. The van der Waals surface area contributed by atoms with E-state index >= 15 is 0 Å². The fraction of sp³-hybridized carbons (Fsp3) is 0.946. The summed E-state index contributed by atoms with van der Waals surface area (Å²) >= 11 is 0. The van der Waals surface area contributed by atoms with E-state index in [0.29, 0.717) is 19.8 Å². The van der Waals surface area contributed by atoms with Crippen molar-refractivity contribution in [1.29, 1.82) is 0 Å². The first-order chi connectivity index (χ1) is 19.5. The Morgan fingerprint density at radius 1 is 0.425 bits per heavy atom. The Bertz CT molecular complexity index is 457. The van der Waals surface area contributed by atoms with E-state index in [0.717, 1.165) is 19.3 Å². The molecule has 0 heterocycles. The van der Waals surface area contributed by atoms with Crippen molar-refractivity contribution in [3.63, 3.8) is 0 Å². The van der Waals surface area contributed by atoms with Crippen molar-refractivity contribution in [2.24, 2.45) is 5.41 Å². The Labute approximate surface area is 254 Å². The maximum atomic E-state index is 6.55. The molecule has 0 aliphatic heterocycles. The average Bonchev–Trinajstić information content (AvgIpc) is 2.94. The summed E-state index contributed by atoms with van der Waals surface area (Å²) in [5, 5.41) is 0. The highest BCUT2D eigenvalue weighted by molar-refractivity contribution is 4.90. The van der Waals surface area contributed by atoms with Crippen molar-refractivity contribution in [1.82, 2.24) is 0 Å². The van der Waals surface area contributed by atoms with E-state index in [-0.39, 0.29) is 5.41 Å². The van der Waals surface area contributed by atoms with Gasteiger partial charge in [-0.15, -0.1) is 6.58 Å². The third-order valence-electron chi connectivity index (χ3n) is 8.18. The van der Waals surface area contributed by atoms with Crippen LogP contribution in [0.1, 0.15) is 196 Å². The minimum Gasteiger partial charge on any atom is -0.327 e. The predicted octanol–water partition coefficient (Wildman–Crippen LogP) is 13.0. The van der Waals surface area contributed by atoms with Gasteiger partial charge in [0.25, 0.3) is 5.97 Å². The van der Waals surface area contributed by atoms with Gasteiger partial charge >= 0.3 is 0 Å². The maximum Gasteiger partial charge on any atom is 0.288 e. The molecule has 3 heteroatoms. The van der Waals surface area contributed by atoms with E-state index in [1.807, 2.05) is 6.92 Å². The van der Waals surface area contributed by atoms with E-state index in [2.05, 4.69) is 48.1 Å². The third-order valence-corrected chi connectivity index (χ3v) is 8.18. The summed E-state index contributed by atoms with van der Waals surface area (Å²) in [6.45, 7) is 20.3. The highest BCUT2D eigenvalue weighted by Gasteiger charge is 2.53. The maximum absolute atomic E-state index is 6.55. The normalized spacial score (nSPS) is 11.9. The molecule has 0 aromatic rings. The van der Waals surface area contributed by atoms with E-state index in [1.54, 1.807) is 6.08 Å². The Morgan fingerprint density at radius 2 is 0.650 bits per heavy atom. The SMILES string of the molecule is C=CC.CCCCCCCCCCC(CCCCCCCC)(CCCCCCCC)C(OCC)(OCC)OCC. The molecule has 242 valence electrons. The molecular weight excluding hydrogens is 492 g/mol. The summed E-state index contributed by atoms with van der Waals surface area (Å²) < 4.78 is 19.6. The lowest BCUT2D eigenvalue weighted by Gasteiger charge is -2.49. The molecule has 40 heavy (non-hydrogen) atoms. The molecule has 0 rings (SSSR count). The van der Waals surface area contributed by atoms with Crippen LogP contribution < -0.4 is 0 Å². The van der Waals surface area contributed by atoms with Crippen LogP contribution in [-0.4, -0.2) is 25.8 Å². The van der Waals surface area contributed by atoms with Gasteiger partial charge < -0.3 is 14.2 Å². The van der Waals surface area contributed by atoms with Crippen LogP contribution in [-0.2, 0) is 14.2 Å². The second-order valence-corrected chi connectivity index (χ2v) is 11.8. The summed E-state index contributed by atoms with van der Waals surface area (Å²) in [6, 6.07) is 0. The lowest BCUT2D eigenvalue weighted by atomic mass is 9.71. The van der Waals surface area contributed by atoms with Crippen LogP contribution in [0.15, 0.2) is 12.7 Å². The second kappa shape index (κ2) is 31.6. The molecular formula is C37H76O3. The Morgan fingerprint density at radius 3 is 0.875 bits per heavy atom. The van der Waals surface area contributed by atoms with Gasteiger partial charge in [0.1, 0.15) is 0 Å². The van der Waals surface area contributed by atoms with Crippen LogP contribution >= 0.6 is 0 Å². The fourth-order valence-corrected chi connectivity index (χ4v) is 6.07. The van der Waals surface area contributed by atoms with E-state index in [9.17, 15) is 0 Å². The third kappa shape index (κ3) is 20.5. The van der Waals surface area contributed by atoms with Crippen molar-refractivity contribution in [2.75, 3.05) is 19.8 Å². The summed E-state index contributed by atoms with van der Waals surface area (Å²) in [5.41, 5.74) is -0.0627. The average molecular weight is 569 g/mol. The molecule has 0 spiro atoms. The molecule has 0 fully saturated rings. The zero-order chi connectivity index (χ0) is 30.2. The van der Waals surface area contributed by atoms with E-state index < -0.39 is 5.97 Å². The van der Waals surface area contributed by atoms with E-state index in [1.165, 1.54) is 128 Å². The quantitative estimate of drug-likeness (QED) is 0.0490. The molecule has 0 N–H and O–H groups in total. The predicted molar refractivity (Wildman–Crippen MR) is 179 cm³/mol. The Balaban J connectivity index is 0. The number of hydrogen-bond acceptors (Lipinski definition) is 3. The van der Waals surface area contributed by atoms with Gasteiger partial charge in [0.15, 0.2) is 0 Å². The Kier molecular flexibility index (Phi) is 32.9. The van der Waals surface area contributed by atoms with Crippen LogP contribution in [0.25, 0.3) is 0 Å². The zero-order valence-corrected chi connectivity index (χ0v) is 28.9. The fourth-order valence-electron chi connectivity index (χ4n) is 6.07. The molecule has 0 atom stereocenters. The van der Waals surface area contributed by atoms with Gasteiger partial charge in [-0.25, -0.2) is 0 Å². The molecule has 0 aromatic carbocycles.